The van der Waals surface area contributed by atoms with Crippen molar-refractivity contribution < 1.29 is 13.9 Å². The molecule has 3 rings (SSSR count). The fraction of sp³-hybridized carbons (Fsp3) is 0.438. The van der Waals surface area contributed by atoms with E-state index in [1.807, 2.05) is 6.92 Å². The predicted molar refractivity (Wildman–Crippen MR) is 80.2 cm³/mol. The quantitative estimate of drug-likeness (QED) is 0.942. The summed E-state index contributed by atoms with van der Waals surface area (Å²) >= 11 is 0. The predicted octanol–water partition coefficient (Wildman–Crippen LogP) is 2.44. The summed E-state index contributed by atoms with van der Waals surface area (Å²) in [4.78, 5) is 2.22. The van der Waals surface area contributed by atoms with Gasteiger partial charge in [-0.25, -0.2) is 4.39 Å². The highest BCUT2D eigenvalue weighted by molar-refractivity contribution is 5.29. The molecule has 2 heterocycles. The van der Waals surface area contributed by atoms with Crippen molar-refractivity contribution in [2.45, 2.75) is 19.5 Å². The van der Waals surface area contributed by atoms with Gasteiger partial charge in [0.05, 0.1) is 38.3 Å². The number of aryl methyl sites for hydroxylation is 1. The maximum absolute atomic E-state index is 14.2. The van der Waals surface area contributed by atoms with Crippen molar-refractivity contribution in [1.29, 1.82) is 0 Å². The zero-order valence-electron chi connectivity index (χ0n) is 12.8. The number of aromatic nitrogens is 2. The molecule has 0 unspecified atom stereocenters. The number of aromatic amines is 1. The van der Waals surface area contributed by atoms with Crippen LogP contribution in [0.4, 0.5) is 4.39 Å². The lowest BCUT2D eigenvalue weighted by Gasteiger charge is -2.35. The first-order valence-electron chi connectivity index (χ1n) is 7.33. The molecule has 0 amide bonds. The van der Waals surface area contributed by atoms with E-state index in [1.165, 1.54) is 13.2 Å². The topological polar surface area (TPSA) is 50.4 Å². The molecule has 0 spiro atoms. The van der Waals surface area contributed by atoms with Crippen molar-refractivity contribution in [2.75, 3.05) is 26.9 Å². The maximum Gasteiger partial charge on any atom is 0.131 e. The fourth-order valence-electron chi connectivity index (χ4n) is 2.79. The molecular weight excluding hydrogens is 285 g/mol. The molecule has 1 atom stereocenters. The standard InChI is InChI=1S/C16H20FN3O2/c1-11-8-18-19-16(11)15-10-22-6-5-20(15)9-12-3-4-13(21-2)7-14(12)17/h3-4,7-8,15H,5-6,9-10H2,1-2H3,(H,18,19)/t15-/m0/s1. The van der Waals surface area contributed by atoms with Crippen LogP contribution in [0.2, 0.25) is 0 Å². The zero-order chi connectivity index (χ0) is 15.5. The van der Waals surface area contributed by atoms with E-state index >= 15 is 0 Å². The first-order chi connectivity index (χ1) is 10.7. The van der Waals surface area contributed by atoms with Crippen LogP contribution < -0.4 is 4.74 Å². The summed E-state index contributed by atoms with van der Waals surface area (Å²) in [6, 6.07) is 5.06. The molecule has 22 heavy (non-hydrogen) atoms. The van der Waals surface area contributed by atoms with E-state index in [2.05, 4.69) is 15.1 Å². The molecule has 6 heteroatoms. The molecule has 5 nitrogen and oxygen atoms in total. The van der Waals surface area contributed by atoms with Crippen LogP contribution >= 0.6 is 0 Å². The van der Waals surface area contributed by atoms with Crippen LogP contribution in [0, 0.1) is 12.7 Å². The van der Waals surface area contributed by atoms with Crippen LogP contribution in [0.5, 0.6) is 5.75 Å². The Balaban J connectivity index is 1.81. The Labute approximate surface area is 129 Å². The summed E-state index contributed by atoms with van der Waals surface area (Å²) in [5.74, 6) is 0.287. The van der Waals surface area contributed by atoms with E-state index < -0.39 is 0 Å². The van der Waals surface area contributed by atoms with Crippen molar-refractivity contribution in [3.8, 4) is 5.75 Å². The average molecular weight is 305 g/mol. The smallest absolute Gasteiger partial charge is 0.131 e. The number of hydrogen-bond acceptors (Lipinski definition) is 4. The number of rotatable bonds is 4. The third kappa shape index (κ3) is 2.98. The van der Waals surface area contributed by atoms with Gasteiger partial charge in [0.1, 0.15) is 11.6 Å². The van der Waals surface area contributed by atoms with Gasteiger partial charge in [0.25, 0.3) is 0 Å². The van der Waals surface area contributed by atoms with Crippen LogP contribution in [0.3, 0.4) is 0 Å². The highest BCUT2D eigenvalue weighted by Gasteiger charge is 2.27. The first kappa shape index (κ1) is 15.0. The van der Waals surface area contributed by atoms with E-state index in [1.54, 1.807) is 18.3 Å². The molecule has 118 valence electrons. The second-order valence-electron chi connectivity index (χ2n) is 5.49. The Morgan fingerprint density at radius 3 is 3.05 bits per heavy atom. The Morgan fingerprint density at radius 2 is 2.36 bits per heavy atom. The van der Waals surface area contributed by atoms with Crippen LogP contribution in [-0.4, -0.2) is 42.0 Å². The van der Waals surface area contributed by atoms with Crippen LogP contribution in [-0.2, 0) is 11.3 Å². The van der Waals surface area contributed by atoms with Crippen molar-refractivity contribution in [1.82, 2.24) is 15.1 Å². The average Bonchev–Trinajstić information content (AvgIpc) is 2.96. The van der Waals surface area contributed by atoms with Gasteiger partial charge in [-0.2, -0.15) is 5.10 Å². The third-order valence-electron chi connectivity index (χ3n) is 4.07. The molecule has 1 aliphatic heterocycles. The molecule has 1 N–H and O–H groups in total. The van der Waals surface area contributed by atoms with Gasteiger partial charge in [-0.1, -0.05) is 6.07 Å². The molecule has 1 aromatic heterocycles. The van der Waals surface area contributed by atoms with Gasteiger partial charge >= 0.3 is 0 Å². The van der Waals surface area contributed by atoms with Gasteiger partial charge < -0.3 is 9.47 Å². The number of benzene rings is 1. The molecular formula is C16H20FN3O2. The molecule has 2 aromatic rings. The lowest BCUT2D eigenvalue weighted by atomic mass is 10.1. The largest absolute Gasteiger partial charge is 0.497 e. The van der Waals surface area contributed by atoms with Gasteiger partial charge in [0.15, 0.2) is 0 Å². The zero-order valence-corrected chi connectivity index (χ0v) is 12.8. The van der Waals surface area contributed by atoms with Gasteiger partial charge in [-0.05, 0) is 18.6 Å². The number of nitrogens with one attached hydrogen (secondary N) is 1. The minimum absolute atomic E-state index is 0.0674. The number of halogens is 1. The summed E-state index contributed by atoms with van der Waals surface area (Å²) in [7, 11) is 1.54. The lowest BCUT2D eigenvalue weighted by Crippen LogP contribution is -2.39. The summed E-state index contributed by atoms with van der Waals surface area (Å²) in [6.45, 7) is 4.54. The van der Waals surface area contributed by atoms with E-state index in [0.717, 1.165) is 17.8 Å². The van der Waals surface area contributed by atoms with Crippen molar-refractivity contribution in [3.05, 3.63) is 47.0 Å². The number of methoxy groups -OCH3 is 1. The minimum atomic E-state index is -0.245. The third-order valence-corrected chi connectivity index (χ3v) is 4.07. The van der Waals surface area contributed by atoms with Gasteiger partial charge in [0.2, 0.25) is 0 Å². The van der Waals surface area contributed by atoms with Crippen molar-refractivity contribution in [2.24, 2.45) is 0 Å². The molecule has 0 aliphatic carbocycles. The fourth-order valence-corrected chi connectivity index (χ4v) is 2.79. The van der Waals surface area contributed by atoms with E-state index in [-0.39, 0.29) is 11.9 Å². The second-order valence-corrected chi connectivity index (χ2v) is 5.49. The Hall–Kier alpha value is -1.92. The summed E-state index contributed by atoms with van der Waals surface area (Å²) < 4.78 is 24.8. The first-order valence-corrected chi connectivity index (χ1v) is 7.33. The Kier molecular flexibility index (Phi) is 4.40. The molecule has 1 saturated heterocycles. The van der Waals surface area contributed by atoms with E-state index in [4.69, 9.17) is 9.47 Å². The van der Waals surface area contributed by atoms with E-state index in [0.29, 0.717) is 31.1 Å². The molecule has 1 fully saturated rings. The summed E-state index contributed by atoms with van der Waals surface area (Å²) in [5.41, 5.74) is 2.79. The monoisotopic (exact) mass is 305 g/mol. The van der Waals surface area contributed by atoms with E-state index in [9.17, 15) is 4.39 Å². The van der Waals surface area contributed by atoms with Gasteiger partial charge in [-0.15, -0.1) is 0 Å². The molecule has 1 aliphatic rings. The van der Waals surface area contributed by atoms with Gasteiger partial charge in [0, 0.05) is 24.7 Å². The Bertz CT molecular complexity index is 644. The lowest BCUT2D eigenvalue weighted by molar-refractivity contribution is -0.0149. The van der Waals surface area contributed by atoms with Crippen molar-refractivity contribution >= 4 is 0 Å². The molecule has 0 saturated carbocycles. The SMILES string of the molecule is COc1ccc(CN2CCOC[C@H]2c2[nH]ncc2C)c(F)c1. The minimum Gasteiger partial charge on any atom is -0.497 e. The number of H-pyrrole nitrogens is 1. The van der Waals surface area contributed by atoms with Crippen LogP contribution in [0.15, 0.2) is 24.4 Å². The highest BCUT2D eigenvalue weighted by atomic mass is 19.1. The van der Waals surface area contributed by atoms with Gasteiger partial charge in [-0.3, -0.25) is 10.00 Å². The number of hydrogen-bond donors (Lipinski definition) is 1. The highest BCUT2D eigenvalue weighted by Crippen LogP contribution is 2.27. The summed E-state index contributed by atoms with van der Waals surface area (Å²) in [5, 5.41) is 7.12. The summed E-state index contributed by atoms with van der Waals surface area (Å²) in [6.07, 6.45) is 1.80. The second kappa shape index (κ2) is 6.46. The Morgan fingerprint density at radius 1 is 1.50 bits per heavy atom. The number of ether oxygens (including phenoxy) is 2. The van der Waals surface area contributed by atoms with Crippen LogP contribution in [0.25, 0.3) is 0 Å². The number of nitrogens with zero attached hydrogens (tertiary/aromatic N) is 2. The maximum atomic E-state index is 14.2. The molecule has 1 aromatic carbocycles. The molecule has 0 bridgehead atoms. The number of morpholine rings is 1. The normalized spacial score (nSPS) is 19.3. The molecule has 0 radical (unpaired) electrons. The van der Waals surface area contributed by atoms with Crippen LogP contribution in [0.1, 0.15) is 22.9 Å². The van der Waals surface area contributed by atoms with Crippen molar-refractivity contribution in [3.63, 3.8) is 0 Å².